The Hall–Kier alpha value is -2.22. The number of allylic oxidation sites excluding steroid dienone is 1. The van der Waals surface area contributed by atoms with Gasteiger partial charge in [0.1, 0.15) is 11.7 Å². The summed E-state index contributed by atoms with van der Waals surface area (Å²) in [6.45, 7) is 4.51. The summed E-state index contributed by atoms with van der Waals surface area (Å²) >= 11 is 14.1. The predicted molar refractivity (Wildman–Crippen MR) is 134 cm³/mol. The standard InChI is InChI=1S/C23H26Cl2N4O2S/c1-13(2)7-19-22(15-4-5-17(24)18(25)9-15)29-21(12-32-19)28-11-16(23(30)31)8-14-3-6-20(26)27-10-14/h3-6,9-10,13,16H,7-8,11-12H2,1-2H3,(H2,26,27)(H,28,29)(H,30,31). The van der Waals surface area contributed by atoms with Crippen molar-refractivity contribution in [1.82, 2.24) is 10.3 Å². The molecule has 0 bridgehead atoms. The number of pyridine rings is 1. The van der Waals surface area contributed by atoms with E-state index >= 15 is 0 Å². The van der Waals surface area contributed by atoms with Crippen LogP contribution in [-0.4, -0.2) is 34.2 Å². The minimum atomic E-state index is -0.893. The number of aliphatic carboxylic acids is 1. The predicted octanol–water partition coefficient (Wildman–Crippen LogP) is 5.36. The van der Waals surface area contributed by atoms with Crippen LogP contribution in [0.1, 0.15) is 31.4 Å². The molecule has 0 aliphatic carbocycles. The van der Waals surface area contributed by atoms with Gasteiger partial charge in [0, 0.05) is 16.7 Å². The summed E-state index contributed by atoms with van der Waals surface area (Å²) < 4.78 is 0. The highest BCUT2D eigenvalue weighted by Crippen LogP contribution is 2.35. The van der Waals surface area contributed by atoms with Crippen LogP contribution in [0.25, 0.3) is 5.70 Å². The van der Waals surface area contributed by atoms with Crippen LogP contribution in [0, 0.1) is 11.8 Å². The third kappa shape index (κ3) is 6.64. The third-order valence-electron chi connectivity index (χ3n) is 4.91. The topological polar surface area (TPSA) is 101 Å². The monoisotopic (exact) mass is 492 g/mol. The first-order valence-corrected chi connectivity index (χ1v) is 12.0. The second-order valence-corrected chi connectivity index (χ2v) is 9.94. The van der Waals surface area contributed by atoms with Crippen molar-refractivity contribution in [3.05, 3.63) is 62.6 Å². The highest BCUT2D eigenvalue weighted by atomic mass is 35.5. The zero-order valence-electron chi connectivity index (χ0n) is 17.9. The fraction of sp³-hybridized carbons (Fsp3) is 0.348. The number of halogens is 2. The Morgan fingerprint density at radius 1 is 1.25 bits per heavy atom. The average molecular weight is 493 g/mol. The van der Waals surface area contributed by atoms with Crippen molar-refractivity contribution in [1.29, 1.82) is 0 Å². The number of hydrogen-bond donors (Lipinski definition) is 3. The SMILES string of the molecule is CC(C)CC1=C(c2ccc(Cl)c(Cl)c2)NC(=NCC(Cc2ccc(N)nc2)C(=O)O)CS1. The molecule has 1 aliphatic heterocycles. The number of carboxylic acids is 1. The number of benzene rings is 1. The largest absolute Gasteiger partial charge is 0.481 e. The van der Waals surface area contributed by atoms with Gasteiger partial charge in [0.05, 0.1) is 34.0 Å². The van der Waals surface area contributed by atoms with Crippen LogP contribution in [0.2, 0.25) is 10.0 Å². The van der Waals surface area contributed by atoms with E-state index in [0.29, 0.717) is 34.0 Å². The normalized spacial score (nSPS) is 16.3. The fourth-order valence-electron chi connectivity index (χ4n) is 3.27. The lowest BCUT2D eigenvalue weighted by molar-refractivity contribution is -0.141. The zero-order chi connectivity index (χ0) is 23.3. The first kappa shape index (κ1) is 24.4. The van der Waals surface area contributed by atoms with Gasteiger partial charge in [0.2, 0.25) is 0 Å². The summed E-state index contributed by atoms with van der Waals surface area (Å²) in [5.41, 5.74) is 8.30. The second kappa shape index (κ2) is 11.1. The molecule has 170 valence electrons. The lowest BCUT2D eigenvalue weighted by Crippen LogP contribution is -2.31. The van der Waals surface area contributed by atoms with Gasteiger partial charge in [-0.2, -0.15) is 0 Å². The van der Waals surface area contributed by atoms with Crippen molar-refractivity contribution in [2.45, 2.75) is 26.7 Å². The lowest BCUT2D eigenvalue weighted by Gasteiger charge is -2.25. The van der Waals surface area contributed by atoms with Crippen molar-refractivity contribution >= 4 is 58.3 Å². The van der Waals surface area contributed by atoms with Crippen molar-refractivity contribution in [2.75, 3.05) is 18.0 Å². The molecule has 0 saturated heterocycles. The van der Waals surface area contributed by atoms with Crippen molar-refractivity contribution in [2.24, 2.45) is 16.8 Å². The van der Waals surface area contributed by atoms with Gasteiger partial charge in [-0.1, -0.05) is 49.2 Å². The molecule has 2 heterocycles. The van der Waals surface area contributed by atoms with Crippen molar-refractivity contribution in [3.63, 3.8) is 0 Å². The Balaban J connectivity index is 1.80. The summed E-state index contributed by atoms with van der Waals surface area (Å²) in [5.74, 6) is 0.737. The third-order valence-corrected chi connectivity index (χ3v) is 6.79. The Bertz CT molecular complexity index is 1040. The van der Waals surface area contributed by atoms with Gasteiger partial charge in [0.15, 0.2) is 0 Å². The molecule has 0 radical (unpaired) electrons. The summed E-state index contributed by atoms with van der Waals surface area (Å²) in [4.78, 5) is 21.7. The molecular formula is C23H26Cl2N4O2S. The van der Waals surface area contributed by atoms with Crippen LogP contribution < -0.4 is 11.1 Å². The number of aromatic nitrogens is 1. The summed E-state index contributed by atoms with van der Waals surface area (Å²) in [6, 6.07) is 9.00. The van der Waals surface area contributed by atoms with E-state index in [-0.39, 0.29) is 6.54 Å². The first-order valence-electron chi connectivity index (χ1n) is 10.3. The highest BCUT2D eigenvalue weighted by Gasteiger charge is 2.22. The van der Waals surface area contributed by atoms with Crippen LogP contribution in [0.5, 0.6) is 0 Å². The Labute approximate surface area is 202 Å². The second-order valence-electron chi connectivity index (χ2n) is 8.06. The number of hydrogen-bond acceptors (Lipinski definition) is 5. The van der Waals surface area contributed by atoms with Crippen LogP contribution >= 0.6 is 35.0 Å². The smallest absolute Gasteiger partial charge is 0.308 e. The van der Waals surface area contributed by atoms with E-state index in [2.05, 4.69) is 29.1 Å². The molecule has 6 nitrogen and oxygen atoms in total. The Morgan fingerprint density at radius 3 is 2.66 bits per heavy atom. The number of rotatable bonds is 8. The van der Waals surface area contributed by atoms with Gasteiger partial charge in [0.25, 0.3) is 0 Å². The number of amidine groups is 1. The van der Waals surface area contributed by atoms with Crippen LogP contribution in [-0.2, 0) is 11.2 Å². The number of nitrogens with zero attached hydrogens (tertiary/aromatic N) is 2. The van der Waals surface area contributed by atoms with Gasteiger partial charge in [-0.3, -0.25) is 9.79 Å². The number of carbonyl (C=O) groups is 1. The molecule has 2 aromatic rings. The van der Waals surface area contributed by atoms with Gasteiger partial charge >= 0.3 is 5.97 Å². The molecule has 0 spiro atoms. The maximum Gasteiger partial charge on any atom is 0.308 e. The summed E-state index contributed by atoms with van der Waals surface area (Å²) in [6.07, 6.45) is 2.86. The Morgan fingerprint density at radius 2 is 2.03 bits per heavy atom. The van der Waals surface area contributed by atoms with E-state index in [1.807, 2.05) is 12.1 Å². The average Bonchev–Trinajstić information content (AvgIpc) is 2.74. The first-order chi connectivity index (χ1) is 15.2. The molecule has 0 saturated carbocycles. The number of nitrogen functional groups attached to an aromatic ring is 1. The fourth-order valence-corrected chi connectivity index (χ4v) is 4.81. The van der Waals surface area contributed by atoms with Gasteiger partial charge in [-0.15, -0.1) is 11.8 Å². The van der Waals surface area contributed by atoms with Crippen LogP contribution in [0.3, 0.4) is 0 Å². The number of nitrogens with two attached hydrogens (primary N) is 1. The van der Waals surface area contributed by atoms with E-state index < -0.39 is 11.9 Å². The summed E-state index contributed by atoms with van der Waals surface area (Å²) in [5, 5.41) is 14.1. The zero-order valence-corrected chi connectivity index (χ0v) is 20.3. The van der Waals surface area contributed by atoms with Gasteiger partial charge in [-0.05, 0) is 42.5 Å². The molecule has 3 rings (SSSR count). The van der Waals surface area contributed by atoms with E-state index in [1.165, 1.54) is 4.91 Å². The molecule has 1 aromatic carbocycles. The summed E-state index contributed by atoms with van der Waals surface area (Å²) in [7, 11) is 0. The molecular weight excluding hydrogens is 467 g/mol. The lowest BCUT2D eigenvalue weighted by atomic mass is 10.0. The number of nitrogens with one attached hydrogen (secondary N) is 1. The highest BCUT2D eigenvalue weighted by molar-refractivity contribution is 8.04. The van der Waals surface area contributed by atoms with Gasteiger partial charge < -0.3 is 16.2 Å². The molecule has 1 aromatic heterocycles. The minimum Gasteiger partial charge on any atom is -0.481 e. The Kier molecular flexibility index (Phi) is 8.45. The van der Waals surface area contributed by atoms with Crippen LogP contribution in [0.15, 0.2) is 46.4 Å². The molecule has 1 unspecified atom stereocenters. The van der Waals surface area contributed by atoms with Gasteiger partial charge in [-0.25, -0.2) is 4.98 Å². The molecule has 4 N–H and O–H groups in total. The van der Waals surface area contributed by atoms with E-state index in [9.17, 15) is 9.90 Å². The van der Waals surface area contributed by atoms with E-state index in [1.54, 1.807) is 36.2 Å². The molecule has 32 heavy (non-hydrogen) atoms. The van der Waals surface area contributed by atoms with Crippen molar-refractivity contribution < 1.29 is 9.90 Å². The minimum absolute atomic E-state index is 0.163. The quantitative estimate of drug-likeness (QED) is 0.458. The van der Waals surface area contributed by atoms with E-state index in [4.69, 9.17) is 28.9 Å². The maximum absolute atomic E-state index is 11.8. The number of anilines is 1. The van der Waals surface area contributed by atoms with E-state index in [0.717, 1.165) is 29.1 Å². The molecule has 0 amide bonds. The van der Waals surface area contributed by atoms with Crippen molar-refractivity contribution in [3.8, 4) is 0 Å². The number of carboxylic acid groups (broad SMARTS) is 1. The molecule has 0 fully saturated rings. The molecule has 1 aliphatic rings. The maximum atomic E-state index is 11.8. The van der Waals surface area contributed by atoms with Crippen LogP contribution in [0.4, 0.5) is 5.82 Å². The number of thioether (sulfide) groups is 1. The molecule has 9 heteroatoms. The molecule has 1 atom stereocenters. The number of aliphatic imine (C=N–C) groups is 1.